The topological polar surface area (TPSA) is 256 Å². The second kappa shape index (κ2) is 24.7. The fourth-order valence-corrected chi connectivity index (χ4v) is 10.9. The van der Waals surface area contributed by atoms with Crippen LogP contribution in [0.4, 0.5) is 43.4 Å². The normalized spacial score (nSPS) is 14.9. The van der Waals surface area contributed by atoms with Gasteiger partial charge in [-0.1, -0.05) is 97.1 Å². The van der Waals surface area contributed by atoms with Crippen molar-refractivity contribution < 1.29 is 81.2 Å². The zero-order valence-corrected chi connectivity index (χ0v) is 46.6. The van der Waals surface area contributed by atoms with Crippen molar-refractivity contribution in [2.45, 2.75) is 61.2 Å². The number of nitrogens with two attached hydrogens (primary N) is 1. The van der Waals surface area contributed by atoms with Gasteiger partial charge in [-0.15, -0.1) is 0 Å². The standard InChI is InChI=1S/C66H60F6N4O11/c1-62(65(67,68)69,44-18-26-59(82)55(32-44)76-60(83)27-28-61(84)85)41-15-23-56(79)38(29-41)33-74-34-45(77)36-86-47-19-11-39(12-20-47)64(51-9-5-3-7-49(51)50-8-4-6-10-52(50)64)40-13-21-48(22-14-40)87-37-46(78)35-75-54-31-43(17-25-58(54)81)63(2,66(70,71)72)42-16-24-57(80)53(73)30-42/h3-32,45-46,74-75,77-82H,33-37,73H2,1-2H3,(H,76,83)(H,84,85)/b28-27+. The minimum atomic E-state index is -4.95. The number of nitrogens with one attached hydrogen (secondary N) is 3. The largest absolute Gasteiger partial charge is 0.508 e. The molecule has 0 aromatic heterocycles. The molecule has 4 unspecified atom stereocenters. The van der Waals surface area contributed by atoms with E-state index in [0.717, 1.165) is 120 Å². The average Bonchev–Trinajstić information content (AvgIpc) is 1.59. The molecule has 0 spiro atoms. The second-order valence-corrected chi connectivity index (χ2v) is 21.3. The van der Waals surface area contributed by atoms with E-state index >= 15 is 13.2 Å². The van der Waals surface area contributed by atoms with Crippen LogP contribution in [0, 0.1) is 0 Å². The number of aliphatic hydroxyl groups is 2. The van der Waals surface area contributed by atoms with Crippen LogP contribution in [0.2, 0.25) is 0 Å². The maximum atomic E-state index is 15.1. The first-order valence-corrected chi connectivity index (χ1v) is 27.2. The number of carboxylic acid groups (broad SMARTS) is 1. The van der Waals surface area contributed by atoms with Gasteiger partial charge in [0, 0.05) is 37.3 Å². The molecule has 15 nitrogen and oxygen atoms in total. The maximum Gasteiger partial charge on any atom is 0.402 e. The van der Waals surface area contributed by atoms with E-state index in [2.05, 4.69) is 40.2 Å². The Kier molecular flexibility index (Phi) is 17.6. The highest BCUT2D eigenvalue weighted by atomic mass is 19.4. The first kappa shape index (κ1) is 61.8. The van der Waals surface area contributed by atoms with Crippen LogP contribution in [-0.2, 0) is 32.4 Å². The number of halogens is 6. The van der Waals surface area contributed by atoms with Crippen LogP contribution in [-0.4, -0.2) is 98.5 Å². The van der Waals surface area contributed by atoms with Gasteiger partial charge >= 0.3 is 18.3 Å². The van der Waals surface area contributed by atoms with E-state index in [1.54, 1.807) is 24.3 Å². The van der Waals surface area contributed by atoms with E-state index in [1.165, 1.54) is 0 Å². The predicted molar refractivity (Wildman–Crippen MR) is 314 cm³/mol. The van der Waals surface area contributed by atoms with Crippen molar-refractivity contribution in [3.63, 3.8) is 0 Å². The van der Waals surface area contributed by atoms with Crippen LogP contribution in [0.3, 0.4) is 0 Å². The minimum absolute atomic E-state index is 0.0658. The average molecular weight is 1200 g/mol. The Morgan fingerprint density at radius 3 is 1.48 bits per heavy atom. The smallest absolute Gasteiger partial charge is 0.402 e. The Morgan fingerprint density at radius 1 is 0.552 bits per heavy atom. The quantitative estimate of drug-likeness (QED) is 0.0131. The van der Waals surface area contributed by atoms with Crippen molar-refractivity contribution in [2.75, 3.05) is 42.7 Å². The van der Waals surface area contributed by atoms with E-state index in [9.17, 15) is 53.4 Å². The molecule has 0 saturated carbocycles. The molecule has 0 aliphatic heterocycles. The molecule has 0 fully saturated rings. The number of ether oxygens (including phenoxy) is 2. The van der Waals surface area contributed by atoms with Crippen molar-refractivity contribution in [1.29, 1.82) is 0 Å². The molecule has 9 rings (SSSR count). The molecule has 12 N–H and O–H groups in total. The van der Waals surface area contributed by atoms with Gasteiger partial charge < -0.3 is 66.9 Å². The molecule has 1 aliphatic carbocycles. The van der Waals surface area contributed by atoms with Gasteiger partial charge in [-0.2, -0.15) is 26.3 Å². The molecule has 0 radical (unpaired) electrons. The number of alkyl halides is 6. The number of carboxylic acids is 1. The summed E-state index contributed by atoms with van der Waals surface area (Å²) < 4.78 is 102. The van der Waals surface area contributed by atoms with E-state index in [1.807, 2.05) is 48.5 Å². The van der Waals surface area contributed by atoms with E-state index in [0.29, 0.717) is 23.7 Å². The van der Waals surface area contributed by atoms with Gasteiger partial charge in [-0.25, -0.2) is 4.79 Å². The SMILES string of the molecule is CC(c1ccc(O)c(N)c1)(c1ccc(O)c(NCC(O)COc2ccc(C3(c4ccc(OCC(O)CNCc5cc(C(C)(c6ccc(O)c(NC(=O)/C=C/C(=O)O)c6)C(F)(F)F)ccc5O)cc4)c4ccccc4-c4ccccc43)cc2)c1)C(F)(F)F. The van der Waals surface area contributed by atoms with E-state index in [-0.39, 0.29) is 89.3 Å². The summed E-state index contributed by atoms with van der Waals surface area (Å²) in [4.78, 5) is 23.1. The summed E-state index contributed by atoms with van der Waals surface area (Å²) in [6.45, 7) is 0.940. The molecule has 0 saturated heterocycles. The predicted octanol–water partition coefficient (Wildman–Crippen LogP) is 11.2. The number of aliphatic carboxylic acids is 1. The molecule has 8 aromatic rings. The van der Waals surface area contributed by atoms with Crippen molar-refractivity contribution in [3.05, 3.63) is 232 Å². The van der Waals surface area contributed by atoms with Gasteiger partial charge in [-0.3, -0.25) is 4.79 Å². The van der Waals surface area contributed by atoms with Crippen molar-refractivity contribution in [1.82, 2.24) is 5.32 Å². The van der Waals surface area contributed by atoms with Crippen molar-refractivity contribution in [2.24, 2.45) is 0 Å². The number of fused-ring (bicyclic) bond motifs is 3. The monoisotopic (exact) mass is 1200 g/mol. The molecule has 0 bridgehead atoms. The summed E-state index contributed by atoms with van der Waals surface area (Å²) in [5, 5.41) is 80.5. The van der Waals surface area contributed by atoms with Crippen molar-refractivity contribution >= 4 is 28.9 Å². The molecular formula is C66H60F6N4O11. The lowest BCUT2D eigenvalue weighted by molar-refractivity contribution is -0.173. The lowest BCUT2D eigenvalue weighted by Crippen LogP contribution is -2.40. The number of aromatic hydroxyl groups is 4. The number of nitrogen functional groups attached to an aromatic ring is 1. The van der Waals surface area contributed by atoms with Crippen LogP contribution in [0.1, 0.15) is 63.9 Å². The first-order chi connectivity index (χ1) is 41.2. The van der Waals surface area contributed by atoms with Crippen LogP contribution >= 0.6 is 0 Å². The molecule has 1 amide bonds. The van der Waals surface area contributed by atoms with Crippen molar-refractivity contribution in [3.8, 4) is 45.6 Å². The molecule has 87 heavy (non-hydrogen) atoms. The number of phenols is 4. The van der Waals surface area contributed by atoms with Gasteiger partial charge in [-0.05, 0) is 142 Å². The molecular weight excluding hydrogens is 1140 g/mol. The fourth-order valence-electron chi connectivity index (χ4n) is 10.9. The maximum absolute atomic E-state index is 15.1. The number of carbonyl (C=O) groups excluding carboxylic acids is 1. The molecule has 1 aliphatic rings. The Balaban J connectivity index is 0.860. The highest BCUT2D eigenvalue weighted by Crippen LogP contribution is 2.57. The molecule has 452 valence electrons. The number of carbonyl (C=O) groups is 2. The summed E-state index contributed by atoms with van der Waals surface area (Å²) in [6.07, 6.45) is -10.9. The third-order valence-corrected chi connectivity index (χ3v) is 15.8. The number of hydrogen-bond acceptors (Lipinski definition) is 13. The summed E-state index contributed by atoms with van der Waals surface area (Å²) in [6, 6.07) is 43.8. The van der Waals surface area contributed by atoms with Crippen LogP contribution in [0.25, 0.3) is 11.1 Å². The van der Waals surface area contributed by atoms with Gasteiger partial charge in [0.25, 0.3) is 0 Å². The summed E-state index contributed by atoms with van der Waals surface area (Å²) >= 11 is 0. The fraction of sp³-hybridized carbons (Fsp3) is 0.212. The highest BCUT2D eigenvalue weighted by Gasteiger charge is 2.55. The third-order valence-electron chi connectivity index (χ3n) is 15.8. The van der Waals surface area contributed by atoms with Crippen LogP contribution < -0.4 is 31.2 Å². The number of anilines is 3. The number of aliphatic hydroxyl groups excluding tert-OH is 2. The third kappa shape index (κ3) is 12.4. The lowest BCUT2D eigenvalue weighted by Gasteiger charge is -2.34. The van der Waals surface area contributed by atoms with Crippen LogP contribution in [0.15, 0.2) is 182 Å². The van der Waals surface area contributed by atoms with Gasteiger partial charge in [0.1, 0.15) is 70.7 Å². The Morgan fingerprint density at radius 2 is 0.989 bits per heavy atom. The number of hydrogen-bond donors (Lipinski definition) is 11. The highest BCUT2D eigenvalue weighted by molar-refractivity contribution is 6.03. The second-order valence-electron chi connectivity index (χ2n) is 21.3. The molecule has 21 heteroatoms. The first-order valence-electron chi connectivity index (χ1n) is 27.2. The Hall–Kier alpha value is -9.70. The number of phenolic OH excluding ortho intramolecular Hbond substituents is 4. The zero-order valence-electron chi connectivity index (χ0n) is 46.6. The van der Waals surface area contributed by atoms with E-state index < -0.39 is 64.1 Å². The number of amides is 1. The van der Waals surface area contributed by atoms with Crippen LogP contribution in [0.5, 0.6) is 34.5 Å². The Labute approximate surface area is 495 Å². The van der Waals surface area contributed by atoms with E-state index in [4.69, 9.17) is 20.3 Å². The molecule has 8 aromatic carbocycles. The zero-order chi connectivity index (χ0) is 62.6. The van der Waals surface area contributed by atoms with Gasteiger partial charge in [0.2, 0.25) is 5.91 Å². The summed E-state index contributed by atoms with van der Waals surface area (Å²) in [7, 11) is 0. The minimum Gasteiger partial charge on any atom is -0.508 e. The lowest BCUT2D eigenvalue weighted by atomic mass is 9.68. The van der Waals surface area contributed by atoms with Gasteiger partial charge in [0.05, 0.1) is 22.5 Å². The summed E-state index contributed by atoms with van der Waals surface area (Å²) in [5.74, 6) is -3.26. The Bertz CT molecular complexity index is 3820. The summed E-state index contributed by atoms with van der Waals surface area (Å²) in [5.41, 5.74) is 3.53. The number of rotatable bonds is 22. The molecule has 4 atom stereocenters. The molecule has 0 heterocycles. The van der Waals surface area contributed by atoms with Gasteiger partial charge in [0.15, 0.2) is 0 Å². The number of benzene rings is 8.